The Morgan fingerprint density at radius 2 is 0.889 bits per heavy atom. The Kier molecular flexibility index (Phi) is 4.56. The second-order valence-corrected chi connectivity index (χ2v) is 5.82. The SMILES string of the molecule is O[C@H](c1ccc(Br)cc1)[C@H](O)c1ccc(Br)cc1. The largest absolute Gasteiger partial charge is 0.385 e. The molecule has 0 amide bonds. The van der Waals surface area contributed by atoms with Gasteiger partial charge in [0, 0.05) is 8.95 Å². The molecule has 0 aromatic heterocycles. The van der Waals surface area contributed by atoms with E-state index in [0.717, 1.165) is 8.95 Å². The first-order valence-electron chi connectivity index (χ1n) is 5.45. The molecular formula is C14H12Br2O2. The van der Waals surface area contributed by atoms with Crippen LogP contribution in [0.1, 0.15) is 23.3 Å². The minimum Gasteiger partial charge on any atom is -0.385 e. The van der Waals surface area contributed by atoms with Crippen LogP contribution in [0, 0.1) is 0 Å². The average Bonchev–Trinajstić information content (AvgIpc) is 2.39. The monoisotopic (exact) mass is 370 g/mol. The van der Waals surface area contributed by atoms with Crippen LogP contribution in [0.15, 0.2) is 57.5 Å². The van der Waals surface area contributed by atoms with E-state index >= 15 is 0 Å². The van der Waals surface area contributed by atoms with Crippen molar-refractivity contribution in [2.45, 2.75) is 12.2 Å². The van der Waals surface area contributed by atoms with Gasteiger partial charge in [-0.05, 0) is 35.4 Å². The van der Waals surface area contributed by atoms with E-state index in [2.05, 4.69) is 31.9 Å². The van der Waals surface area contributed by atoms with E-state index in [1.807, 2.05) is 24.3 Å². The van der Waals surface area contributed by atoms with Crippen molar-refractivity contribution < 1.29 is 10.2 Å². The van der Waals surface area contributed by atoms with Crippen molar-refractivity contribution in [2.75, 3.05) is 0 Å². The molecular weight excluding hydrogens is 360 g/mol. The van der Waals surface area contributed by atoms with E-state index in [1.54, 1.807) is 24.3 Å². The summed E-state index contributed by atoms with van der Waals surface area (Å²) in [7, 11) is 0. The van der Waals surface area contributed by atoms with Crippen molar-refractivity contribution in [1.82, 2.24) is 0 Å². The minimum atomic E-state index is -0.931. The number of rotatable bonds is 3. The van der Waals surface area contributed by atoms with Crippen molar-refractivity contribution in [1.29, 1.82) is 0 Å². The molecule has 0 heterocycles. The highest BCUT2D eigenvalue weighted by atomic mass is 79.9. The summed E-state index contributed by atoms with van der Waals surface area (Å²) < 4.78 is 1.88. The summed E-state index contributed by atoms with van der Waals surface area (Å²) in [6, 6.07) is 14.5. The van der Waals surface area contributed by atoms with Gasteiger partial charge in [0.25, 0.3) is 0 Å². The van der Waals surface area contributed by atoms with Crippen molar-refractivity contribution >= 4 is 31.9 Å². The molecule has 0 unspecified atom stereocenters. The molecule has 0 fully saturated rings. The maximum Gasteiger partial charge on any atom is 0.109 e. The zero-order chi connectivity index (χ0) is 13.1. The van der Waals surface area contributed by atoms with Crippen LogP contribution >= 0.6 is 31.9 Å². The molecule has 0 saturated heterocycles. The van der Waals surface area contributed by atoms with Gasteiger partial charge in [0.1, 0.15) is 12.2 Å². The molecule has 2 atom stereocenters. The Labute approximate surface area is 123 Å². The van der Waals surface area contributed by atoms with Crippen LogP contribution in [0.25, 0.3) is 0 Å². The summed E-state index contributed by atoms with van der Waals surface area (Å²) in [5, 5.41) is 20.3. The molecule has 0 radical (unpaired) electrons. The number of hydrogen-bond acceptors (Lipinski definition) is 2. The highest BCUT2D eigenvalue weighted by Crippen LogP contribution is 2.29. The lowest BCUT2D eigenvalue weighted by Gasteiger charge is -2.18. The fourth-order valence-corrected chi connectivity index (χ4v) is 2.21. The third-order valence-corrected chi connectivity index (χ3v) is 3.78. The van der Waals surface area contributed by atoms with Gasteiger partial charge in [-0.15, -0.1) is 0 Å². The van der Waals surface area contributed by atoms with E-state index in [0.29, 0.717) is 11.1 Å². The topological polar surface area (TPSA) is 40.5 Å². The third-order valence-electron chi connectivity index (χ3n) is 2.72. The summed E-state index contributed by atoms with van der Waals surface area (Å²) in [6.45, 7) is 0. The van der Waals surface area contributed by atoms with Crippen LogP contribution < -0.4 is 0 Å². The molecule has 94 valence electrons. The van der Waals surface area contributed by atoms with Crippen LogP contribution in [0.2, 0.25) is 0 Å². The first-order valence-corrected chi connectivity index (χ1v) is 7.03. The summed E-state index contributed by atoms with van der Waals surface area (Å²) in [5.41, 5.74) is 1.38. The van der Waals surface area contributed by atoms with E-state index in [9.17, 15) is 10.2 Å². The maximum absolute atomic E-state index is 10.1. The van der Waals surface area contributed by atoms with Crippen LogP contribution in [0.5, 0.6) is 0 Å². The molecule has 18 heavy (non-hydrogen) atoms. The molecule has 2 N–H and O–H groups in total. The lowest BCUT2D eigenvalue weighted by Crippen LogP contribution is -2.10. The zero-order valence-electron chi connectivity index (χ0n) is 9.42. The Morgan fingerprint density at radius 1 is 0.611 bits per heavy atom. The fraction of sp³-hybridized carbons (Fsp3) is 0.143. The molecule has 2 aromatic carbocycles. The second kappa shape index (κ2) is 5.97. The number of hydrogen-bond donors (Lipinski definition) is 2. The molecule has 2 rings (SSSR count). The lowest BCUT2D eigenvalue weighted by atomic mass is 9.98. The molecule has 0 aliphatic heterocycles. The van der Waals surface area contributed by atoms with Crippen LogP contribution in [-0.2, 0) is 0 Å². The van der Waals surface area contributed by atoms with E-state index in [1.165, 1.54) is 0 Å². The quantitative estimate of drug-likeness (QED) is 0.856. The number of benzene rings is 2. The van der Waals surface area contributed by atoms with Gasteiger partial charge in [-0.2, -0.15) is 0 Å². The molecule has 0 saturated carbocycles. The Morgan fingerprint density at radius 3 is 1.17 bits per heavy atom. The van der Waals surface area contributed by atoms with Gasteiger partial charge in [0.2, 0.25) is 0 Å². The van der Waals surface area contributed by atoms with E-state index < -0.39 is 12.2 Å². The molecule has 0 aliphatic carbocycles. The molecule has 0 bridgehead atoms. The van der Waals surface area contributed by atoms with Crippen molar-refractivity contribution in [2.24, 2.45) is 0 Å². The van der Waals surface area contributed by atoms with Gasteiger partial charge in [-0.3, -0.25) is 0 Å². The molecule has 0 aliphatic rings. The van der Waals surface area contributed by atoms with Crippen molar-refractivity contribution in [3.8, 4) is 0 Å². The summed E-state index contributed by atoms with van der Waals surface area (Å²) in [6.07, 6.45) is -1.86. The van der Waals surface area contributed by atoms with E-state index in [4.69, 9.17) is 0 Å². The Balaban J connectivity index is 2.20. The highest BCUT2D eigenvalue weighted by molar-refractivity contribution is 9.10. The molecule has 2 aromatic rings. The Bertz CT molecular complexity index is 459. The van der Waals surface area contributed by atoms with Crippen molar-refractivity contribution in [3.05, 3.63) is 68.6 Å². The average molecular weight is 372 g/mol. The normalized spacial score (nSPS) is 14.2. The zero-order valence-corrected chi connectivity index (χ0v) is 12.6. The minimum absolute atomic E-state index is 0.689. The summed E-state index contributed by atoms with van der Waals surface area (Å²) in [5.74, 6) is 0. The third kappa shape index (κ3) is 3.20. The van der Waals surface area contributed by atoms with Crippen LogP contribution in [-0.4, -0.2) is 10.2 Å². The van der Waals surface area contributed by atoms with E-state index in [-0.39, 0.29) is 0 Å². The lowest BCUT2D eigenvalue weighted by molar-refractivity contribution is 0.0172. The molecule has 4 heteroatoms. The van der Waals surface area contributed by atoms with Gasteiger partial charge in [0.05, 0.1) is 0 Å². The smallest absolute Gasteiger partial charge is 0.109 e. The number of aliphatic hydroxyl groups excluding tert-OH is 2. The van der Waals surface area contributed by atoms with Gasteiger partial charge in [0.15, 0.2) is 0 Å². The predicted molar refractivity (Wildman–Crippen MR) is 78.2 cm³/mol. The van der Waals surface area contributed by atoms with Crippen LogP contribution in [0.4, 0.5) is 0 Å². The van der Waals surface area contributed by atoms with Gasteiger partial charge in [-0.1, -0.05) is 56.1 Å². The van der Waals surface area contributed by atoms with Crippen molar-refractivity contribution in [3.63, 3.8) is 0 Å². The van der Waals surface area contributed by atoms with Crippen LogP contribution in [0.3, 0.4) is 0 Å². The first kappa shape index (κ1) is 13.7. The standard InChI is InChI=1S/C14H12Br2O2/c15-11-5-1-9(2-6-11)13(17)14(18)10-3-7-12(16)8-4-10/h1-8,13-14,17-18H/t13-,14-/m1/s1. The summed E-state index contributed by atoms with van der Waals surface area (Å²) in [4.78, 5) is 0. The maximum atomic E-state index is 10.1. The molecule has 0 spiro atoms. The number of halogens is 2. The fourth-order valence-electron chi connectivity index (χ4n) is 1.68. The first-order chi connectivity index (χ1) is 8.58. The van der Waals surface area contributed by atoms with Gasteiger partial charge < -0.3 is 10.2 Å². The van der Waals surface area contributed by atoms with Gasteiger partial charge >= 0.3 is 0 Å². The second-order valence-electron chi connectivity index (χ2n) is 3.99. The highest BCUT2D eigenvalue weighted by Gasteiger charge is 2.19. The predicted octanol–water partition coefficient (Wildman–Crippen LogP) is 3.98. The molecule has 2 nitrogen and oxygen atoms in total. The number of aliphatic hydroxyl groups is 2. The Hall–Kier alpha value is -0.680. The summed E-state index contributed by atoms with van der Waals surface area (Å²) >= 11 is 6.67. The van der Waals surface area contributed by atoms with Gasteiger partial charge in [-0.25, -0.2) is 0 Å².